The lowest BCUT2D eigenvalue weighted by Crippen LogP contribution is -2.39. The second-order valence-corrected chi connectivity index (χ2v) is 12.0. The topological polar surface area (TPSA) is 76.7 Å². The minimum absolute atomic E-state index is 0.0318. The highest BCUT2D eigenvalue weighted by atomic mass is 16.6. The van der Waals surface area contributed by atoms with Crippen molar-refractivity contribution in [1.82, 2.24) is 10.6 Å². The molecule has 0 aromatic carbocycles. The molecule has 6 nitrogen and oxygen atoms in total. The van der Waals surface area contributed by atoms with Crippen molar-refractivity contribution in [2.75, 3.05) is 13.2 Å². The molecular weight excluding hydrogens is 452 g/mol. The Labute approximate surface area is 223 Å². The van der Waals surface area contributed by atoms with Crippen LogP contribution in [0.25, 0.3) is 0 Å². The lowest BCUT2D eigenvalue weighted by molar-refractivity contribution is -0.121. The van der Waals surface area contributed by atoms with Crippen LogP contribution in [0.3, 0.4) is 0 Å². The molecule has 0 bridgehead atoms. The Hall–Kier alpha value is -1.30. The molecule has 1 unspecified atom stereocenters. The lowest BCUT2D eigenvalue weighted by atomic mass is 10.0. The van der Waals surface area contributed by atoms with E-state index in [1.54, 1.807) is 0 Å². The fraction of sp³-hybridized carbons (Fsp3) is 0.933. The number of hydrogen-bond acceptors (Lipinski definition) is 4. The molecular formula is C30H60N2O4. The van der Waals surface area contributed by atoms with Gasteiger partial charge in [0.2, 0.25) is 5.91 Å². The van der Waals surface area contributed by atoms with Gasteiger partial charge >= 0.3 is 6.09 Å². The summed E-state index contributed by atoms with van der Waals surface area (Å²) in [5.41, 5.74) is -0.826. The first-order chi connectivity index (χ1) is 16.9. The van der Waals surface area contributed by atoms with Gasteiger partial charge in [0.25, 0.3) is 0 Å². The molecule has 0 aromatic rings. The van der Waals surface area contributed by atoms with Crippen LogP contribution in [0.4, 0.5) is 4.79 Å². The highest BCUT2D eigenvalue weighted by Crippen LogP contribution is 2.15. The van der Waals surface area contributed by atoms with Gasteiger partial charge < -0.3 is 20.1 Å². The number of carbonyl (C=O) groups excluding carboxylic acids is 2. The number of amides is 2. The van der Waals surface area contributed by atoms with E-state index in [2.05, 4.69) is 17.6 Å². The van der Waals surface area contributed by atoms with Crippen LogP contribution in [0, 0.1) is 0 Å². The zero-order valence-electron chi connectivity index (χ0n) is 24.9. The Morgan fingerprint density at radius 1 is 0.778 bits per heavy atom. The molecule has 0 saturated heterocycles. The molecule has 0 aromatic heterocycles. The molecule has 0 fully saturated rings. The third-order valence-corrected chi connectivity index (χ3v) is 6.36. The highest BCUT2D eigenvalue weighted by Gasteiger charge is 2.20. The van der Waals surface area contributed by atoms with Crippen LogP contribution in [0.5, 0.6) is 0 Å². The average molecular weight is 513 g/mol. The normalized spacial score (nSPS) is 12.9. The Morgan fingerprint density at radius 2 is 1.28 bits per heavy atom. The number of nitrogens with one attached hydrogen (secondary N) is 2. The molecule has 36 heavy (non-hydrogen) atoms. The summed E-state index contributed by atoms with van der Waals surface area (Å²) >= 11 is 0. The molecule has 2 N–H and O–H groups in total. The van der Waals surface area contributed by atoms with E-state index in [0.29, 0.717) is 26.0 Å². The van der Waals surface area contributed by atoms with E-state index in [0.717, 1.165) is 19.3 Å². The molecule has 0 aliphatic rings. The second kappa shape index (κ2) is 20.7. The molecule has 1 atom stereocenters. The second-order valence-electron chi connectivity index (χ2n) is 12.0. The number of ether oxygens (including phenoxy) is 2. The van der Waals surface area contributed by atoms with Gasteiger partial charge in [-0.2, -0.15) is 0 Å². The fourth-order valence-corrected chi connectivity index (χ4v) is 4.06. The van der Waals surface area contributed by atoms with E-state index >= 15 is 0 Å². The Kier molecular flexibility index (Phi) is 20.0. The van der Waals surface area contributed by atoms with Crippen molar-refractivity contribution in [3.05, 3.63) is 0 Å². The summed E-state index contributed by atoms with van der Waals surface area (Å²) in [4.78, 5) is 24.0. The first-order valence-corrected chi connectivity index (χ1v) is 14.9. The number of carbonyl (C=O) groups is 2. The van der Waals surface area contributed by atoms with Gasteiger partial charge in [0.05, 0.1) is 5.60 Å². The highest BCUT2D eigenvalue weighted by molar-refractivity contribution is 5.75. The summed E-state index contributed by atoms with van der Waals surface area (Å²) in [5, 5.41) is 5.87. The molecule has 0 spiro atoms. The van der Waals surface area contributed by atoms with Gasteiger partial charge in [-0.25, -0.2) is 4.79 Å². The third kappa shape index (κ3) is 24.4. The smallest absolute Gasteiger partial charge is 0.407 e. The summed E-state index contributed by atoms with van der Waals surface area (Å²) in [6.45, 7) is 15.0. The van der Waals surface area contributed by atoms with Gasteiger partial charge in [0.15, 0.2) is 0 Å². The predicted molar refractivity (Wildman–Crippen MR) is 151 cm³/mol. The van der Waals surface area contributed by atoms with Crippen LogP contribution >= 0.6 is 0 Å². The van der Waals surface area contributed by atoms with E-state index < -0.39 is 11.7 Å². The van der Waals surface area contributed by atoms with Crippen LogP contribution in [0.15, 0.2) is 0 Å². The summed E-state index contributed by atoms with van der Waals surface area (Å²) in [7, 11) is 0. The molecule has 2 amide bonds. The average Bonchev–Trinajstić information content (AvgIpc) is 2.75. The van der Waals surface area contributed by atoms with E-state index in [1.165, 1.54) is 70.6 Å². The predicted octanol–water partition coefficient (Wildman–Crippen LogP) is 8.07. The third-order valence-electron chi connectivity index (χ3n) is 6.36. The number of unbranched alkanes of at least 4 members (excludes halogenated alkanes) is 12. The molecule has 0 aliphatic carbocycles. The molecule has 0 radical (unpaired) electrons. The fourth-order valence-electron chi connectivity index (χ4n) is 4.06. The largest absolute Gasteiger partial charge is 0.444 e. The lowest BCUT2D eigenvalue weighted by Gasteiger charge is -2.27. The SMILES string of the molecule is CCCCCCCCCCCCCCCC(=O)NCCC(C)(C)OCCC(C)NC(=O)OC(C)(C)C. The Bertz CT molecular complexity index is 558. The van der Waals surface area contributed by atoms with Crippen LogP contribution in [0.2, 0.25) is 0 Å². The van der Waals surface area contributed by atoms with Crippen molar-refractivity contribution in [2.24, 2.45) is 0 Å². The quantitative estimate of drug-likeness (QED) is 0.144. The van der Waals surface area contributed by atoms with E-state index in [9.17, 15) is 9.59 Å². The van der Waals surface area contributed by atoms with Crippen molar-refractivity contribution >= 4 is 12.0 Å². The molecule has 0 saturated carbocycles. The van der Waals surface area contributed by atoms with Gasteiger partial charge in [-0.1, -0.05) is 84.0 Å². The minimum Gasteiger partial charge on any atom is -0.444 e. The summed E-state index contributed by atoms with van der Waals surface area (Å²) in [6.07, 6.45) is 18.8. The van der Waals surface area contributed by atoms with Gasteiger partial charge in [-0.05, 0) is 60.8 Å². The maximum Gasteiger partial charge on any atom is 0.407 e. The molecule has 0 aliphatic heterocycles. The van der Waals surface area contributed by atoms with E-state index in [-0.39, 0.29) is 17.6 Å². The van der Waals surface area contributed by atoms with Crippen LogP contribution in [-0.2, 0) is 14.3 Å². The van der Waals surface area contributed by atoms with Gasteiger partial charge in [0.1, 0.15) is 5.60 Å². The van der Waals surface area contributed by atoms with Crippen LogP contribution in [0.1, 0.15) is 151 Å². The van der Waals surface area contributed by atoms with Gasteiger partial charge in [0, 0.05) is 25.6 Å². The Balaban J connectivity index is 3.65. The van der Waals surface area contributed by atoms with Crippen molar-refractivity contribution in [3.63, 3.8) is 0 Å². The maximum atomic E-state index is 12.1. The first-order valence-electron chi connectivity index (χ1n) is 14.9. The molecule has 0 rings (SSSR count). The zero-order valence-corrected chi connectivity index (χ0v) is 24.9. The Morgan fingerprint density at radius 3 is 1.78 bits per heavy atom. The number of alkyl carbamates (subject to hydrolysis) is 1. The summed E-state index contributed by atoms with van der Waals surface area (Å²) < 4.78 is 11.3. The molecule has 0 heterocycles. The summed E-state index contributed by atoms with van der Waals surface area (Å²) in [5.74, 6) is 0.143. The number of hydrogen-bond donors (Lipinski definition) is 2. The van der Waals surface area contributed by atoms with Crippen molar-refractivity contribution in [1.29, 1.82) is 0 Å². The van der Waals surface area contributed by atoms with Gasteiger partial charge in [-0.15, -0.1) is 0 Å². The van der Waals surface area contributed by atoms with Crippen molar-refractivity contribution in [2.45, 2.75) is 168 Å². The van der Waals surface area contributed by atoms with E-state index in [4.69, 9.17) is 9.47 Å². The standard InChI is InChI=1S/C30H60N2O4/c1-8-9-10-11-12-13-14-15-16-17-18-19-20-21-27(33)31-24-23-30(6,7)35-25-22-26(2)32-28(34)36-29(3,4)5/h26H,8-25H2,1-7H3,(H,31,33)(H,32,34). The van der Waals surface area contributed by atoms with Crippen molar-refractivity contribution in [3.8, 4) is 0 Å². The van der Waals surface area contributed by atoms with Crippen LogP contribution in [-0.4, -0.2) is 42.4 Å². The zero-order chi connectivity index (χ0) is 27.3. The molecule has 6 heteroatoms. The van der Waals surface area contributed by atoms with Crippen LogP contribution < -0.4 is 10.6 Å². The van der Waals surface area contributed by atoms with Gasteiger partial charge in [-0.3, -0.25) is 4.79 Å². The number of rotatable bonds is 22. The monoisotopic (exact) mass is 512 g/mol. The molecule has 214 valence electrons. The maximum absolute atomic E-state index is 12.1. The van der Waals surface area contributed by atoms with Crippen molar-refractivity contribution < 1.29 is 19.1 Å². The first kappa shape index (κ1) is 34.7. The summed E-state index contributed by atoms with van der Waals surface area (Å²) in [6, 6.07) is -0.0318. The minimum atomic E-state index is -0.501. The van der Waals surface area contributed by atoms with E-state index in [1.807, 2.05) is 41.5 Å².